The molecule has 0 heterocycles. The smallest absolute Gasteiger partial charge is 0.00493 e. The van der Waals surface area contributed by atoms with Crippen LogP contribution in [0.5, 0.6) is 0 Å². The average molecular weight is 403 g/mol. The summed E-state index contributed by atoms with van der Waals surface area (Å²) in [5.41, 5.74) is 0. The van der Waals surface area contributed by atoms with Gasteiger partial charge in [0, 0.05) is 4.90 Å². The molecule has 0 aliphatic rings. The van der Waals surface area contributed by atoms with Crippen LogP contribution in [0.1, 0.15) is 137 Å². The van der Waals surface area contributed by atoms with Gasteiger partial charge in [0.2, 0.25) is 0 Å². The molecular weight excluding hydrogens is 350 g/mol. The van der Waals surface area contributed by atoms with Crippen molar-refractivity contribution in [3.8, 4) is 0 Å². The lowest BCUT2D eigenvalue weighted by Gasteiger charge is -2.39. The van der Waals surface area contributed by atoms with E-state index in [1.54, 1.807) is 0 Å². The van der Waals surface area contributed by atoms with Crippen molar-refractivity contribution in [1.82, 2.24) is 0 Å². The lowest BCUT2D eigenvalue weighted by Crippen LogP contribution is -2.27. The van der Waals surface area contributed by atoms with Crippen LogP contribution < -0.4 is 0 Å². The second-order valence-corrected chi connectivity index (χ2v) is 11.9. The lowest BCUT2D eigenvalue weighted by atomic mass is 9.89. The molecule has 0 fully saturated rings. The molecule has 26 heavy (non-hydrogen) atoms. The maximum atomic E-state index is 3.44. The second kappa shape index (κ2) is 19.2. The van der Waals surface area contributed by atoms with Gasteiger partial charge in [0.1, 0.15) is 0 Å². The number of unbranched alkanes of at least 4 members (excludes halogenated alkanes) is 10. The molecule has 0 aliphatic carbocycles. The minimum Gasteiger partial charge on any atom is -0.126 e. The summed E-state index contributed by atoms with van der Waals surface area (Å²) in [6, 6.07) is 0. The fourth-order valence-electron chi connectivity index (χ4n) is 4.08. The van der Waals surface area contributed by atoms with Crippen LogP contribution in [0.15, 0.2) is 0 Å². The first-order chi connectivity index (χ1) is 12.6. The average Bonchev–Trinajstić information content (AvgIpc) is 2.64. The summed E-state index contributed by atoms with van der Waals surface area (Å²) < 4.78 is 0. The van der Waals surface area contributed by atoms with Gasteiger partial charge in [0.15, 0.2) is 0 Å². The summed E-state index contributed by atoms with van der Waals surface area (Å²) in [5.74, 6) is 0.954. The van der Waals surface area contributed by atoms with Gasteiger partial charge >= 0.3 is 0 Å². The van der Waals surface area contributed by atoms with Crippen LogP contribution in [0, 0.1) is 5.92 Å². The summed E-state index contributed by atoms with van der Waals surface area (Å²) in [7, 11) is 4.61. The summed E-state index contributed by atoms with van der Waals surface area (Å²) in [5, 5.41) is 0. The highest BCUT2D eigenvalue weighted by atomic mass is 31.1. The number of hydrogen-bond acceptors (Lipinski definition) is 0. The summed E-state index contributed by atoms with van der Waals surface area (Å²) in [6.07, 6.45) is 25.8. The Morgan fingerprint density at radius 2 is 1.12 bits per heavy atom. The Bertz CT molecular complexity index is 279. The molecule has 0 bridgehead atoms. The molecule has 0 saturated heterocycles. The van der Waals surface area contributed by atoms with Crippen molar-refractivity contribution in [2.75, 3.05) is 6.16 Å². The Morgan fingerprint density at radius 1 is 0.615 bits per heavy atom. The Labute approximate surface area is 171 Å². The lowest BCUT2D eigenvalue weighted by molar-refractivity contribution is 0.359. The van der Waals surface area contributed by atoms with Gasteiger partial charge in [0.05, 0.1) is 0 Å². The van der Waals surface area contributed by atoms with Gasteiger partial charge in [0.25, 0.3) is 0 Å². The number of hydrogen-bond donors (Lipinski definition) is 0. The minimum absolute atomic E-state index is 0.557. The maximum absolute atomic E-state index is 3.44. The monoisotopic (exact) mass is 402 g/mol. The van der Waals surface area contributed by atoms with Crippen LogP contribution in [0.4, 0.5) is 0 Å². The van der Waals surface area contributed by atoms with Gasteiger partial charge in [-0.3, -0.25) is 0 Å². The second-order valence-electron chi connectivity index (χ2n) is 8.53. The quantitative estimate of drug-likeness (QED) is 0.140. The zero-order chi connectivity index (χ0) is 19.5. The van der Waals surface area contributed by atoms with E-state index in [0.717, 1.165) is 5.92 Å². The highest BCUT2D eigenvalue weighted by Crippen LogP contribution is 2.52. The van der Waals surface area contributed by atoms with Gasteiger partial charge in [-0.25, -0.2) is 0 Å². The van der Waals surface area contributed by atoms with Gasteiger partial charge in [-0.1, -0.05) is 111 Å². The van der Waals surface area contributed by atoms with Crippen LogP contribution >= 0.6 is 17.8 Å². The third-order valence-corrected chi connectivity index (χ3v) is 9.26. The van der Waals surface area contributed by atoms with E-state index >= 15 is 0 Å². The van der Waals surface area contributed by atoms with E-state index in [2.05, 4.69) is 36.9 Å². The van der Waals surface area contributed by atoms with Crippen LogP contribution in [0.25, 0.3) is 0 Å². The van der Waals surface area contributed by atoms with Gasteiger partial charge < -0.3 is 0 Å². The first-order valence-corrected chi connectivity index (χ1v) is 14.0. The molecule has 0 saturated carbocycles. The van der Waals surface area contributed by atoms with E-state index in [1.807, 2.05) is 0 Å². The summed E-state index contributed by atoms with van der Waals surface area (Å²) in [4.78, 5) is 0.557. The van der Waals surface area contributed by atoms with E-state index in [0.29, 0.717) is 4.90 Å². The molecule has 0 amide bonds. The van der Waals surface area contributed by atoms with Gasteiger partial charge in [-0.15, -0.1) is 17.8 Å². The van der Waals surface area contributed by atoms with E-state index in [-0.39, 0.29) is 0 Å². The SMILES string of the molecule is CCCCCCPC(P)(CCCCCC)C(CCCC)CCCCCC. The van der Waals surface area contributed by atoms with Crippen molar-refractivity contribution >= 4 is 17.8 Å². The van der Waals surface area contributed by atoms with Crippen molar-refractivity contribution in [1.29, 1.82) is 0 Å². The first kappa shape index (κ1) is 26.9. The Kier molecular flexibility index (Phi) is 19.8. The standard InChI is InChI=1S/C24H52P2/c1-5-9-13-16-20-23(19-12-8-4)24(25,21-17-14-10-6-2)26-22-18-15-11-7-3/h23,26H,5-22,25H2,1-4H3. The molecule has 0 aliphatic heterocycles. The third kappa shape index (κ3) is 13.9. The van der Waals surface area contributed by atoms with Crippen molar-refractivity contribution in [2.45, 2.75) is 142 Å². The number of rotatable bonds is 20. The predicted molar refractivity (Wildman–Crippen MR) is 130 cm³/mol. The van der Waals surface area contributed by atoms with E-state index in [4.69, 9.17) is 0 Å². The molecule has 158 valence electrons. The largest absolute Gasteiger partial charge is 0.126 e. The molecule has 4 atom stereocenters. The molecular formula is C24H52P2. The fourth-order valence-corrected chi connectivity index (χ4v) is 6.88. The molecule has 0 aromatic carbocycles. The van der Waals surface area contributed by atoms with Crippen LogP contribution in [-0.2, 0) is 0 Å². The van der Waals surface area contributed by atoms with E-state index < -0.39 is 0 Å². The van der Waals surface area contributed by atoms with Gasteiger partial charge in [-0.2, -0.15) is 0 Å². The van der Waals surface area contributed by atoms with E-state index in [1.165, 1.54) is 124 Å². The maximum Gasteiger partial charge on any atom is 0.00493 e. The van der Waals surface area contributed by atoms with Crippen LogP contribution in [0.3, 0.4) is 0 Å². The minimum atomic E-state index is 0.557. The molecule has 0 radical (unpaired) electrons. The first-order valence-electron chi connectivity index (χ1n) is 12.2. The third-order valence-electron chi connectivity index (χ3n) is 5.97. The van der Waals surface area contributed by atoms with Crippen LogP contribution in [0.2, 0.25) is 0 Å². The molecule has 0 rings (SSSR count). The highest BCUT2D eigenvalue weighted by molar-refractivity contribution is 7.52. The molecule has 0 spiro atoms. The molecule has 0 aromatic rings. The van der Waals surface area contributed by atoms with Gasteiger partial charge in [-0.05, 0) is 37.8 Å². The van der Waals surface area contributed by atoms with Crippen molar-refractivity contribution < 1.29 is 0 Å². The molecule has 2 heteroatoms. The van der Waals surface area contributed by atoms with Crippen molar-refractivity contribution in [3.05, 3.63) is 0 Å². The molecule has 0 aromatic heterocycles. The molecule has 4 unspecified atom stereocenters. The van der Waals surface area contributed by atoms with Crippen molar-refractivity contribution in [2.24, 2.45) is 5.92 Å². The normalized spacial score (nSPS) is 15.6. The molecule has 0 nitrogen and oxygen atoms in total. The Morgan fingerprint density at radius 3 is 1.69 bits per heavy atom. The van der Waals surface area contributed by atoms with E-state index in [9.17, 15) is 0 Å². The van der Waals surface area contributed by atoms with Crippen LogP contribution in [-0.4, -0.2) is 11.1 Å². The topological polar surface area (TPSA) is 0 Å². The highest BCUT2D eigenvalue weighted by Gasteiger charge is 2.32. The Hall–Kier alpha value is 0.860. The predicted octanol–water partition coefficient (Wildman–Crippen LogP) is 9.56. The van der Waals surface area contributed by atoms with Crippen molar-refractivity contribution in [3.63, 3.8) is 0 Å². The zero-order valence-corrected chi connectivity index (χ0v) is 21.0. The zero-order valence-electron chi connectivity index (χ0n) is 18.9. The summed E-state index contributed by atoms with van der Waals surface area (Å²) in [6.45, 7) is 9.36. The molecule has 0 N–H and O–H groups in total. The Balaban J connectivity index is 4.72. The fraction of sp³-hybridized carbons (Fsp3) is 1.00. The summed E-state index contributed by atoms with van der Waals surface area (Å²) >= 11 is 0.